The molecule has 12 heteroatoms. The van der Waals surface area contributed by atoms with Gasteiger partial charge in [0, 0.05) is 30.2 Å². The van der Waals surface area contributed by atoms with E-state index in [0.717, 1.165) is 10.0 Å². The number of carbonyl (C=O) groups is 4. The highest BCUT2D eigenvalue weighted by atomic mass is 32.2. The van der Waals surface area contributed by atoms with Crippen LogP contribution < -0.4 is 16.1 Å². The van der Waals surface area contributed by atoms with Crippen molar-refractivity contribution in [3.8, 4) is 0 Å². The van der Waals surface area contributed by atoms with Crippen molar-refractivity contribution >= 4 is 59.4 Å². The summed E-state index contributed by atoms with van der Waals surface area (Å²) in [5.41, 5.74) is 6.04. The Morgan fingerprint density at radius 3 is 2.41 bits per heavy atom. The van der Waals surface area contributed by atoms with Crippen LogP contribution in [0.2, 0.25) is 0 Å². The summed E-state index contributed by atoms with van der Waals surface area (Å²) in [6, 6.07) is 13.2. The number of amides is 2. The Balaban J connectivity index is 2.40. The zero-order valence-electron chi connectivity index (χ0n) is 22.3. The molecule has 1 aliphatic heterocycles. The first-order valence-corrected chi connectivity index (χ1v) is 14.2. The van der Waals surface area contributed by atoms with Crippen molar-refractivity contribution in [2.24, 2.45) is 10.7 Å². The third-order valence-corrected chi connectivity index (χ3v) is 7.44. The van der Waals surface area contributed by atoms with Crippen molar-refractivity contribution in [2.45, 2.75) is 31.1 Å². The maximum absolute atomic E-state index is 14.4. The normalized spacial score (nSPS) is 17.3. The van der Waals surface area contributed by atoms with E-state index in [4.69, 9.17) is 10.5 Å². The maximum Gasteiger partial charge on any atom is 0.348 e. The van der Waals surface area contributed by atoms with Crippen LogP contribution in [0, 0.1) is 0 Å². The molecule has 0 bridgehead atoms. The van der Waals surface area contributed by atoms with E-state index in [1.807, 2.05) is 36.6 Å². The van der Waals surface area contributed by atoms with E-state index in [-0.39, 0.29) is 17.9 Å². The summed E-state index contributed by atoms with van der Waals surface area (Å²) in [6.07, 6.45) is 1.96. The van der Waals surface area contributed by atoms with Gasteiger partial charge in [-0.15, -0.1) is 0 Å². The van der Waals surface area contributed by atoms with Gasteiger partial charge >= 0.3 is 5.97 Å². The third kappa shape index (κ3) is 5.88. The number of methoxy groups -OCH3 is 1. The molecule has 2 amide bonds. The van der Waals surface area contributed by atoms with E-state index in [1.54, 1.807) is 24.3 Å². The summed E-state index contributed by atoms with van der Waals surface area (Å²) in [5.74, 6) is -2.48. The number of esters is 1. The molecule has 2 aromatic carbocycles. The number of ketones is 1. The monoisotopic (exact) mass is 571 g/mol. The molecule has 208 valence electrons. The number of nitrogens with zero attached hydrogens (tertiary/aromatic N) is 3. The van der Waals surface area contributed by atoms with Gasteiger partial charge in [0.05, 0.1) is 24.6 Å². The van der Waals surface area contributed by atoms with Gasteiger partial charge in [0.15, 0.2) is 11.8 Å². The quantitative estimate of drug-likeness (QED) is 0.161. The molecule has 39 heavy (non-hydrogen) atoms. The molecule has 3 rings (SSSR count). The number of benzene rings is 2. The number of carbonyl (C=O) groups excluding carboxylic acids is 4. The number of hydrogen-bond donors (Lipinski definition) is 3. The zero-order chi connectivity index (χ0) is 28.7. The van der Waals surface area contributed by atoms with Gasteiger partial charge < -0.3 is 10.5 Å². The second kappa shape index (κ2) is 13.2. The molecule has 0 aliphatic carbocycles. The minimum Gasteiger partial charge on any atom is -0.466 e. The van der Waals surface area contributed by atoms with Crippen LogP contribution in [0.25, 0.3) is 0 Å². The number of rotatable bonds is 11. The van der Waals surface area contributed by atoms with E-state index in [0.29, 0.717) is 22.6 Å². The fourth-order valence-electron chi connectivity index (χ4n) is 4.48. The number of hydrogen-bond acceptors (Lipinski definition) is 10. The lowest BCUT2D eigenvalue weighted by molar-refractivity contribution is -0.166. The van der Waals surface area contributed by atoms with Crippen LogP contribution in [0.3, 0.4) is 0 Å². The number of para-hydroxylation sites is 1. The number of benzodiazepines with no additional fused rings is 1. The Labute approximate surface area is 237 Å². The van der Waals surface area contributed by atoms with E-state index in [2.05, 4.69) is 22.9 Å². The van der Waals surface area contributed by atoms with E-state index in [9.17, 15) is 19.2 Å². The van der Waals surface area contributed by atoms with Gasteiger partial charge in [0.25, 0.3) is 5.91 Å². The molecular formula is C27H33N5O5S2. The molecule has 10 nitrogen and oxygen atoms in total. The van der Waals surface area contributed by atoms with Crippen molar-refractivity contribution < 1.29 is 23.9 Å². The topological polar surface area (TPSA) is 134 Å². The smallest absolute Gasteiger partial charge is 0.348 e. The number of aliphatic imine (C=N–C) groups is 1. The molecule has 0 radical (unpaired) electrons. The van der Waals surface area contributed by atoms with Crippen molar-refractivity contribution in [1.29, 1.82) is 0 Å². The molecule has 0 spiro atoms. The van der Waals surface area contributed by atoms with Gasteiger partial charge in [0.1, 0.15) is 0 Å². The number of fused-ring (bicyclic) bond motifs is 1. The first-order chi connectivity index (χ1) is 18.7. The molecule has 0 fully saturated rings. The second-order valence-electron chi connectivity index (χ2n) is 8.78. The SMILES string of the molecule is CN[C@](CCSC)(C(=O)OC)N(C(C)=O)N1C(=O)C(C(=O)C(N)CS)N=C(c2ccccc2)c2ccccc21. The summed E-state index contributed by atoms with van der Waals surface area (Å²) in [4.78, 5) is 59.3. The Morgan fingerprint density at radius 1 is 1.21 bits per heavy atom. The number of ether oxygens (including phenoxy) is 1. The summed E-state index contributed by atoms with van der Waals surface area (Å²) < 4.78 is 5.13. The molecule has 1 heterocycles. The predicted molar refractivity (Wildman–Crippen MR) is 156 cm³/mol. The van der Waals surface area contributed by atoms with Gasteiger partial charge in [-0.2, -0.15) is 24.4 Å². The molecule has 2 aromatic rings. The van der Waals surface area contributed by atoms with Gasteiger partial charge in [0.2, 0.25) is 11.6 Å². The lowest BCUT2D eigenvalue weighted by Gasteiger charge is -2.46. The zero-order valence-corrected chi connectivity index (χ0v) is 24.0. The highest BCUT2D eigenvalue weighted by Crippen LogP contribution is 2.34. The number of Topliss-reactive ketones (excluding diaryl/α,β-unsaturated/α-hetero) is 1. The number of thioether (sulfide) groups is 1. The number of nitrogens with two attached hydrogens (primary N) is 1. The van der Waals surface area contributed by atoms with Crippen LogP contribution in [0.1, 0.15) is 24.5 Å². The Bertz CT molecular complexity index is 1260. The van der Waals surface area contributed by atoms with Crippen molar-refractivity contribution in [1.82, 2.24) is 10.3 Å². The predicted octanol–water partition coefficient (Wildman–Crippen LogP) is 1.67. The van der Waals surface area contributed by atoms with Crippen LogP contribution in [-0.4, -0.2) is 84.0 Å². The lowest BCUT2D eigenvalue weighted by Crippen LogP contribution is -2.72. The molecular weight excluding hydrogens is 538 g/mol. The van der Waals surface area contributed by atoms with Gasteiger partial charge in [-0.05, 0) is 25.1 Å². The van der Waals surface area contributed by atoms with Crippen LogP contribution >= 0.6 is 24.4 Å². The van der Waals surface area contributed by atoms with E-state index >= 15 is 0 Å². The molecule has 3 atom stereocenters. The number of thiol groups is 1. The number of likely N-dealkylation sites (N-methyl/N-ethyl adjacent to an activating group) is 1. The van der Waals surface area contributed by atoms with Crippen molar-refractivity contribution in [2.75, 3.05) is 36.9 Å². The highest BCUT2D eigenvalue weighted by molar-refractivity contribution is 7.98. The minimum absolute atomic E-state index is 0.0154. The van der Waals surface area contributed by atoms with Crippen molar-refractivity contribution in [3.05, 3.63) is 65.7 Å². The summed E-state index contributed by atoms with van der Waals surface area (Å²) in [6.45, 7) is 1.24. The summed E-state index contributed by atoms with van der Waals surface area (Å²) in [5, 5.41) is 5.04. The number of nitrogens with one attached hydrogen (secondary N) is 1. The standard InChI is InChI=1S/C27H33N5O5S2/c1-17(33)32(27(29-2,14-15-39-4)26(36)37-3)31-21-13-9-8-12-19(21)22(18-10-6-5-7-11-18)30-23(25(31)35)24(34)20(28)16-38/h5-13,20,23,29,38H,14-16,28H2,1-4H3/t20?,23?,27-/m0/s1. The fraction of sp³-hybridized carbons (Fsp3) is 0.370. The average molecular weight is 572 g/mol. The van der Waals surface area contributed by atoms with E-state index in [1.165, 1.54) is 32.8 Å². The molecule has 3 N–H and O–H groups in total. The molecule has 2 unspecified atom stereocenters. The van der Waals surface area contributed by atoms with Crippen LogP contribution in [0.4, 0.5) is 5.69 Å². The highest BCUT2D eigenvalue weighted by Gasteiger charge is 2.52. The Hall–Kier alpha value is -3.19. The largest absolute Gasteiger partial charge is 0.466 e. The van der Waals surface area contributed by atoms with Gasteiger partial charge in [-0.25, -0.2) is 14.8 Å². The fourth-order valence-corrected chi connectivity index (χ4v) is 5.16. The second-order valence-corrected chi connectivity index (χ2v) is 10.1. The average Bonchev–Trinajstić information content (AvgIpc) is 3.08. The Morgan fingerprint density at radius 2 is 1.85 bits per heavy atom. The number of anilines is 1. The first-order valence-electron chi connectivity index (χ1n) is 12.2. The third-order valence-electron chi connectivity index (χ3n) is 6.43. The first kappa shape index (κ1) is 30.4. The molecule has 0 saturated heterocycles. The van der Waals surface area contributed by atoms with Crippen LogP contribution in [-0.2, 0) is 23.9 Å². The Kier molecular flexibility index (Phi) is 10.3. The molecule has 0 aromatic heterocycles. The van der Waals surface area contributed by atoms with Crippen molar-refractivity contribution in [3.63, 3.8) is 0 Å². The molecule has 1 aliphatic rings. The summed E-state index contributed by atoms with van der Waals surface area (Å²) >= 11 is 5.61. The lowest BCUT2D eigenvalue weighted by atomic mass is 10.00. The van der Waals surface area contributed by atoms with Crippen LogP contribution in [0.15, 0.2) is 59.6 Å². The maximum atomic E-state index is 14.4. The van der Waals surface area contributed by atoms with E-state index < -0.39 is 41.3 Å². The summed E-state index contributed by atoms with van der Waals surface area (Å²) in [7, 11) is 2.71. The van der Waals surface area contributed by atoms with Crippen LogP contribution in [0.5, 0.6) is 0 Å². The minimum atomic E-state index is -1.77. The van der Waals surface area contributed by atoms with Gasteiger partial charge in [-0.1, -0.05) is 48.5 Å². The molecule has 0 saturated carbocycles. The number of hydrazine groups is 1. The van der Waals surface area contributed by atoms with Gasteiger partial charge in [-0.3, -0.25) is 24.7 Å².